The first-order valence-electron chi connectivity index (χ1n) is 11.9. The summed E-state index contributed by atoms with van der Waals surface area (Å²) in [7, 11) is 0. The number of aryl methyl sites for hydroxylation is 2. The Morgan fingerprint density at radius 3 is 2.68 bits per heavy atom. The molecule has 168 valence electrons. The van der Waals surface area contributed by atoms with Gasteiger partial charge in [0.1, 0.15) is 0 Å². The van der Waals surface area contributed by atoms with Gasteiger partial charge in [-0.2, -0.15) is 5.10 Å². The van der Waals surface area contributed by atoms with Crippen LogP contribution in [0, 0.1) is 19.8 Å². The van der Waals surface area contributed by atoms with E-state index in [0.717, 1.165) is 66.9 Å². The van der Waals surface area contributed by atoms with Crippen LogP contribution in [-0.2, 0) is 16.0 Å². The van der Waals surface area contributed by atoms with Gasteiger partial charge in [0, 0.05) is 42.9 Å². The minimum atomic E-state index is 0.0535. The number of amides is 2. The van der Waals surface area contributed by atoms with Gasteiger partial charge in [-0.25, -0.2) is 9.50 Å². The highest BCUT2D eigenvalue weighted by Gasteiger charge is 2.36. The molecular weight excluding hydrogens is 390 g/mol. The Bertz CT molecular complexity index is 961. The van der Waals surface area contributed by atoms with Gasteiger partial charge in [0.05, 0.1) is 11.7 Å². The van der Waals surface area contributed by atoms with Gasteiger partial charge < -0.3 is 10.2 Å². The molecule has 1 saturated carbocycles. The average Bonchev–Trinajstić information content (AvgIpc) is 3.51. The van der Waals surface area contributed by atoms with Crippen molar-refractivity contribution in [1.82, 2.24) is 24.8 Å². The van der Waals surface area contributed by atoms with Crippen molar-refractivity contribution in [2.75, 3.05) is 13.1 Å². The van der Waals surface area contributed by atoms with Gasteiger partial charge in [-0.1, -0.05) is 19.8 Å². The predicted octanol–water partition coefficient (Wildman–Crippen LogP) is 3.66. The van der Waals surface area contributed by atoms with E-state index in [1.807, 2.05) is 24.4 Å². The van der Waals surface area contributed by atoms with E-state index in [0.29, 0.717) is 25.3 Å². The van der Waals surface area contributed by atoms with E-state index < -0.39 is 0 Å². The molecule has 7 nitrogen and oxygen atoms in total. The van der Waals surface area contributed by atoms with E-state index in [-0.39, 0.29) is 17.9 Å². The summed E-state index contributed by atoms with van der Waals surface area (Å²) in [4.78, 5) is 32.0. The van der Waals surface area contributed by atoms with Crippen LogP contribution in [0.2, 0.25) is 0 Å². The lowest BCUT2D eigenvalue weighted by molar-refractivity contribution is -0.136. The molecule has 1 atom stereocenters. The Labute approximate surface area is 184 Å². The van der Waals surface area contributed by atoms with E-state index >= 15 is 0 Å². The number of aromatic nitrogens is 3. The number of fused-ring (bicyclic) bond motifs is 1. The largest absolute Gasteiger partial charge is 0.356 e. The molecule has 0 spiro atoms. The second kappa shape index (κ2) is 9.37. The third-order valence-corrected chi connectivity index (χ3v) is 6.94. The molecule has 0 radical (unpaired) electrons. The number of hydrogen-bond acceptors (Lipinski definition) is 4. The highest BCUT2D eigenvalue weighted by atomic mass is 16.2. The van der Waals surface area contributed by atoms with Gasteiger partial charge in [0.25, 0.3) is 0 Å². The summed E-state index contributed by atoms with van der Waals surface area (Å²) < 4.78 is 1.90. The zero-order chi connectivity index (χ0) is 22.0. The molecule has 2 aromatic heterocycles. The molecule has 0 bridgehead atoms. The lowest BCUT2D eigenvalue weighted by Crippen LogP contribution is -2.35. The summed E-state index contributed by atoms with van der Waals surface area (Å²) in [6, 6.07) is 2.10. The topological polar surface area (TPSA) is 79.6 Å². The summed E-state index contributed by atoms with van der Waals surface area (Å²) in [5.41, 5.74) is 4.83. The normalized spacial score (nSPS) is 19.5. The SMILES string of the molecule is CCCNC(=O)CCc1c(C)nc2cc([C@H]3CCCN3C(=O)C3CCCC3)nn2c1C. The summed E-state index contributed by atoms with van der Waals surface area (Å²) in [6.45, 7) is 7.65. The monoisotopic (exact) mass is 425 g/mol. The maximum Gasteiger partial charge on any atom is 0.226 e. The summed E-state index contributed by atoms with van der Waals surface area (Å²) >= 11 is 0. The molecule has 2 amide bonds. The Morgan fingerprint density at radius 1 is 1.16 bits per heavy atom. The van der Waals surface area contributed by atoms with E-state index in [9.17, 15) is 9.59 Å². The molecule has 1 aliphatic heterocycles. The van der Waals surface area contributed by atoms with E-state index in [2.05, 4.69) is 17.1 Å². The van der Waals surface area contributed by atoms with Gasteiger partial charge in [0.2, 0.25) is 11.8 Å². The molecular formula is C24H35N5O2. The fourth-order valence-corrected chi connectivity index (χ4v) is 5.21. The van der Waals surface area contributed by atoms with Crippen molar-refractivity contribution in [3.63, 3.8) is 0 Å². The maximum atomic E-state index is 13.1. The highest BCUT2D eigenvalue weighted by molar-refractivity contribution is 5.80. The fraction of sp³-hybridized carbons (Fsp3) is 0.667. The molecule has 2 aliphatic rings. The van der Waals surface area contributed by atoms with Crippen molar-refractivity contribution in [1.29, 1.82) is 0 Å². The van der Waals surface area contributed by atoms with Gasteiger partial charge in [-0.3, -0.25) is 9.59 Å². The first-order chi connectivity index (χ1) is 15.0. The van der Waals surface area contributed by atoms with Crippen LogP contribution < -0.4 is 5.32 Å². The van der Waals surface area contributed by atoms with Crippen LogP contribution in [-0.4, -0.2) is 44.4 Å². The van der Waals surface area contributed by atoms with Crippen LogP contribution in [0.25, 0.3) is 5.65 Å². The average molecular weight is 426 g/mol. The Morgan fingerprint density at radius 2 is 1.94 bits per heavy atom. The van der Waals surface area contributed by atoms with Gasteiger partial charge in [-0.15, -0.1) is 0 Å². The van der Waals surface area contributed by atoms with Crippen molar-refractivity contribution in [2.45, 2.75) is 84.6 Å². The Balaban J connectivity index is 1.55. The predicted molar refractivity (Wildman–Crippen MR) is 120 cm³/mol. The Hall–Kier alpha value is -2.44. The molecule has 1 aliphatic carbocycles. The number of carbonyl (C=O) groups is 2. The standard InChI is InChI=1S/C24H35N5O2/c1-4-13-25-23(30)12-11-19-16(2)26-22-15-20(27-29(22)17(19)3)21-10-7-14-28(21)24(31)18-8-5-6-9-18/h15,18,21H,4-14H2,1-3H3,(H,25,30)/t21-/m1/s1. The second-order valence-corrected chi connectivity index (χ2v) is 9.12. The number of hydrogen-bond donors (Lipinski definition) is 1. The van der Waals surface area contributed by atoms with Crippen LogP contribution in [0.1, 0.15) is 87.0 Å². The minimum absolute atomic E-state index is 0.0535. The molecule has 2 aromatic rings. The maximum absolute atomic E-state index is 13.1. The summed E-state index contributed by atoms with van der Waals surface area (Å²) in [6.07, 6.45) is 8.44. The first kappa shape index (κ1) is 21.8. The van der Waals surface area contributed by atoms with Crippen molar-refractivity contribution in [3.8, 4) is 0 Å². The smallest absolute Gasteiger partial charge is 0.226 e. The molecule has 1 N–H and O–H groups in total. The van der Waals surface area contributed by atoms with Gasteiger partial charge in [-0.05, 0) is 57.9 Å². The van der Waals surface area contributed by atoms with E-state index in [1.165, 1.54) is 12.8 Å². The highest BCUT2D eigenvalue weighted by Crippen LogP contribution is 2.36. The molecule has 2 fully saturated rings. The lowest BCUT2D eigenvalue weighted by Gasteiger charge is -2.26. The molecule has 1 saturated heterocycles. The second-order valence-electron chi connectivity index (χ2n) is 9.12. The number of likely N-dealkylation sites (tertiary alicyclic amines) is 1. The van der Waals surface area contributed by atoms with Crippen molar-refractivity contribution >= 4 is 17.5 Å². The van der Waals surface area contributed by atoms with Crippen LogP contribution in [0.3, 0.4) is 0 Å². The molecule has 4 rings (SSSR count). The molecule has 0 aromatic carbocycles. The molecule has 3 heterocycles. The van der Waals surface area contributed by atoms with Gasteiger partial charge >= 0.3 is 0 Å². The minimum Gasteiger partial charge on any atom is -0.356 e. The third-order valence-electron chi connectivity index (χ3n) is 6.94. The molecule has 7 heteroatoms. The van der Waals surface area contributed by atoms with Gasteiger partial charge in [0.15, 0.2) is 5.65 Å². The third kappa shape index (κ3) is 4.46. The lowest BCUT2D eigenvalue weighted by atomic mass is 10.1. The number of carbonyl (C=O) groups excluding carboxylic acids is 2. The fourth-order valence-electron chi connectivity index (χ4n) is 5.21. The molecule has 0 unspecified atom stereocenters. The van der Waals surface area contributed by atoms with E-state index in [1.54, 1.807) is 0 Å². The Kier molecular flexibility index (Phi) is 6.58. The van der Waals surface area contributed by atoms with Crippen molar-refractivity contribution in [2.24, 2.45) is 5.92 Å². The van der Waals surface area contributed by atoms with Crippen LogP contribution >= 0.6 is 0 Å². The summed E-state index contributed by atoms with van der Waals surface area (Å²) in [5.74, 6) is 0.593. The van der Waals surface area contributed by atoms with Crippen LogP contribution in [0.5, 0.6) is 0 Å². The van der Waals surface area contributed by atoms with Crippen LogP contribution in [0.15, 0.2) is 6.07 Å². The summed E-state index contributed by atoms with van der Waals surface area (Å²) in [5, 5.41) is 7.83. The number of nitrogens with zero attached hydrogens (tertiary/aromatic N) is 4. The van der Waals surface area contributed by atoms with E-state index in [4.69, 9.17) is 10.1 Å². The quantitative estimate of drug-likeness (QED) is 0.734. The van der Waals surface area contributed by atoms with Crippen molar-refractivity contribution in [3.05, 3.63) is 28.7 Å². The zero-order valence-electron chi connectivity index (χ0n) is 19.1. The zero-order valence-corrected chi connectivity index (χ0v) is 19.1. The van der Waals surface area contributed by atoms with Crippen LogP contribution in [0.4, 0.5) is 0 Å². The first-order valence-corrected chi connectivity index (χ1v) is 11.9. The van der Waals surface area contributed by atoms with Crippen molar-refractivity contribution < 1.29 is 9.59 Å². The number of nitrogens with one attached hydrogen (secondary N) is 1. The number of rotatable bonds is 7. The molecule has 31 heavy (non-hydrogen) atoms.